The lowest BCUT2D eigenvalue weighted by Gasteiger charge is -2.21. The number of aryl methyl sites for hydroxylation is 1. The highest BCUT2D eigenvalue weighted by molar-refractivity contribution is 7.22. The van der Waals surface area contributed by atoms with Gasteiger partial charge < -0.3 is 4.90 Å². The third-order valence-corrected chi connectivity index (χ3v) is 6.50. The number of carbonyl (C=O) groups excluding carboxylic acids is 1. The smallest absolute Gasteiger partial charge is 0.262 e. The lowest BCUT2D eigenvalue weighted by atomic mass is 10.2. The second-order valence-corrected chi connectivity index (χ2v) is 9.79. The van der Waals surface area contributed by atoms with Gasteiger partial charge in [0.05, 0.1) is 20.1 Å². The summed E-state index contributed by atoms with van der Waals surface area (Å²) in [5, 5.41) is 1.28. The zero-order valence-corrected chi connectivity index (χ0v) is 19.5. The van der Waals surface area contributed by atoms with Crippen molar-refractivity contribution in [1.29, 1.82) is 0 Å². The van der Waals surface area contributed by atoms with Crippen LogP contribution in [-0.4, -0.2) is 43.0 Å². The average molecular weight is 485 g/mol. The highest BCUT2D eigenvalue weighted by Crippen LogP contribution is 2.36. The number of likely N-dealkylation sites (N-methyl/N-ethyl adjacent to an activating group) is 1. The summed E-state index contributed by atoms with van der Waals surface area (Å²) in [6, 6.07) is 5.35. The van der Waals surface area contributed by atoms with E-state index >= 15 is 0 Å². The van der Waals surface area contributed by atoms with Gasteiger partial charge in [-0.1, -0.05) is 46.1 Å². The summed E-state index contributed by atoms with van der Waals surface area (Å²) in [7, 11) is 3.92. The largest absolute Gasteiger partial charge is 0.308 e. The highest BCUT2D eigenvalue weighted by Gasteiger charge is 2.25. The predicted octanol–water partition coefficient (Wildman–Crippen LogP) is 6.26. The van der Waals surface area contributed by atoms with Crippen LogP contribution in [0.3, 0.4) is 0 Å². The van der Waals surface area contributed by atoms with E-state index in [1.807, 2.05) is 38.1 Å². The summed E-state index contributed by atoms with van der Waals surface area (Å²) in [5.41, 5.74) is 2.23. The molecular weight excluding hydrogens is 468 g/mol. The molecule has 2 aromatic heterocycles. The quantitative estimate of drug-likeness (QED) is 0.429. The number of rotatable bonds is 5. The minimum atomic E-state index is -0.206. The van der Waals surface area contributed by atoms with Crippen molar-refractivity contribution in [2.45, 2.75) is 6.92 Å². The Balaban J connectivity index is 0.00000261. The summed E-state index contributed by atoms with van der Waals surface area (Å²) in [4.78, 5) is 21.5. The van der Waals surface area contributed by atoms with E-state index in [1.54, 1.807) is 11.0 Å². The molecule has 0 saturated heterocycles. The Labute approximate surface area is 187 Å². The van der Waals surface area contributed by atoms with Gasteiger partial charge in [0.15, 0.2) is 5.13 Å². The second kappa shape index (κ2) is 9.27. The first-order valence-corrected chi connectivity index (χ1v) is 10.5. The Hall–Kier alpha value is -0.600. The van der Waals surface area contributed by atoms with E-state index in [0.717, 1.165) is 15.8 Å². The maximum absolute atomic E-state index is 13.1. The number of thiophene rings is 1. The first kappa shape index (κ1) is 22.7. The Morgan fingerprint density at radius 3 is 2.41 bits per heavy atom. The monoisotopic (exact) mass is 483 g/mol. The summed E-state index contributed by atoms with van der Waals surface area (Å²) in [5.74, 6) is -0.206. The van der Waals surface area contributed by atoms with Gasteiger partial charge in [-0.15, -0.1) is 23.7 Å². The van der Waals surface area contributed by atoms with Crippen LogP contribution in [0.25, 0.3) is 10.2 Å². The van der Waals surface area contributed by atoms with Gasteiger partial charge in [0.2, 0.25) is 0 Å². The zero-order chi connectivity index (χ0) is 19.0. The maximum Gasteiger partial charge on any atom is 0.262 e. The molecule has 0 N–H and O–H groups in total. The van der Waals surface area contributed by atoms with Crippen LogP contribution in [0.15, 0.2) is 18.2 Å². The molecule has 0 spiro atoms. The molecule has 3 aromatic rings. The third kappa shape index (κ3) is 5.07. The van der Waals surface area contributed by atoms with Gasteiger partial charge in [0.1, 0.15) is 4.34 Å². The van der Waals surface area contributed by atoms with Gasteiger partial charge in [0, 0.05) is 18.1 Å². The van der Waals surface area contributed by atoms with E-state index in [9.17, 15) is 4.79 Å². The number of aromatic nitrogens is 1. The number of amides is 1. The minimum Gasteiger partial charge on any atom is -0.308 e. The Kier molecular flexibility index (Phi) is 7.78. The van der Waals surface area contributed by atoms with Gasteiger partial charge in [-0.25, -0.2) is 4.98 Å². The van der Waals surface area contributed by atoms with Crippen LogP contribution in [0.5, 0.6) is 0 Å². The van der Waals surface area contributed by atoms with Crippen LogP contribution in [-0.2, 0) is 0 Å². The molecule has 1 aromatic carbocycles. The number of fused-ring (bicyclic) bond motifs is 1. The van der Waals surface area contributed by atoms with Crippen LogP contribution in [0.2, 0.25) is 13.7 Å². The van der Waals surface area contributed by atoms with E-state index in [4.69, 9.17) is 34.8 Å². The molecule has 3 rings (SSSR count). The molecule has 10 heteroatoms. The van der Waals surface area contributed by atoms with Gasteiger partial charge in [-0.3, -0.25) is 9.69 Å². The molecule has 0 aliphatic rings. The fraction of sp³-hybridized carbons (Fsp3) is 0.294. The SMILES string of the molecule is Cc1cc(Cl)cc2sc(N(CCN(C)C)C(=O)c3cc(Cl)sc3Cl)nc12.Cl. The number of thiazole rings is 1. The van der Waals surface area contributed by atoms with Gasteiger partial charge in [0.25, 0.3) is 5.91 Å². The molecule has 0 radical (unpaired) electrons. The van der Waals surface area contributed by atoms with Crippen molar-refractivity contribution in [2.75, 3.05) is 32.1 Å². The second-order valence-electron chi connectivity index (χ2n) is 6.06. The molecule has 0 atom stereocenters. The van der Waals surface area contributed by atoms with Crippen LogP contribution in [0, 0.1) is 6.92 Å². The highest BCUT2D eigenvalue weighted by atomic mass is 35.5. The summed E-state index contributed by atoms with van der Waals surface area (Å²) >= 11 is 21.0. The zero-order valence-electron chi connectivity index (χ0n) is 14.8. The Bertz CT molecular complexity index is 971. The molecule has 1 amide bonds. The van der Waals surface area contributed by atoms with E-state index in [1.165, 1.54) is 22.7 Å². The number of nitrogens with zero attached hydrogens (tertiary/aromatic N) is 3. The van der Waals surface area contributed by atoms with Crippen molar-refractivity contribution < 1.29 is 4.79 Å². The molecular formula is C17H17Cl4N3OS2. The fourth-order valence-corrected chi connectivity index (χ4v) is 5.37. The topological polar surface area (TPSA) is 36.4 Å². The summed E-state index contributed by atoms with van der Waals surface area (Å²) in [6.07, 6.45) is 0. The van der Waals surface area contributed by atoms with Gasteiger partial charge >= 0.3 is 0 Å². The molecule has 0 unspecified atom stereocenters. The first-order valence-electron chi connectivity index (χ1n) is 7.74. The molecule has 2 heterocycles. The molecule has 4 nitrogen and oxygen atoms in total. The average Bonchev–Trinajstić information content (AvgIpc) is 3.10. The van der Waals surface area contributed by atoms with Crippen molar-refractivity contribution in [3.63, 3.8) is 0 Å². The molecule has 0 bridgehead atoms. The summed E-state index contributed by atoms with van der Waals surface area (Å²) in [6.45, 7) is 3.14. The van der Waals surface area contributed by atoms with Crippen LogP contribution in [0.4, 0.5) is 5.13 Å². The molecule has 0 aliphatic heterocycles. The number of benzene rings is 1. The van der Waals surface area contributed by atoms with Crippen LogP contribution >= 0.6 is 69.9 Å². The van der Waals surface area contributed by atoms with Crippen molar-refractivity contribution in [3.05, 3.63) is 43.0 Å². The van der Waals surface area contributed by atoms with Gasteiger partial charge in [-0.2, -0.15) is 0 Å². The number of anilines is 1. The Morgan fingerprint density at radius 2 is 1.81 bits per heavy atom. The number of hydrogen-bond acceptors (Lipinski definition) is 5. The van der Waals surface area contributed by atoms with Crippen LogP contribution < -0.4 is 4.90 Å². The minimum absolute atomic E-state index is 0. The lowest BCUT2D eigenvalue weighted by Crippen LogP contribution is -2.36. The van der Waals surface area contributed by atoms with E-state index in [-0.39, 0.29) is 18.3 Å². The maximum atomic E-state index is 13.1. The third-order valence-electron chi connectivity index (χ3n) is 3.77. The molecule has 0 fully saturated rings. The van der Waals surface area contributed by atoms with Crippen molar-refractivity contribution in [1.82, 2.24) is 9.88 Å². The van der Waals surface area contributed by atoms with Crippen molar-refractivity contribution in [2.24, 2.45) is 0 Å². The van der Waals surface area contributed by atoms with Crippen molar-refractivity contribution >= 4 is 91.1 Å². The molecule has 0 aliphatic carbocycles. The van der Waals surface area contributed by atoms with E-state index < -0.39 is 0 Å². The first-order chi connectivity index (χ1) is 12.3. The lowest BCUT2D eigenvalue weighted by molar-refractivity contribution is 0.0986. The molecule has 27 heavy (non-hydrogen) atoms. The standard InChI is InChI=1S/C17H16Cl3N3OS2.ClH/c1-9-6-10(18)7-12-14(9)21-17(25-12)23(5-4-22(2)3)16(24)11-8-13(19)26-15(11)20;/h6-8H,4-5H2,1-3H3;1H. The normalized spacial score (nSPS) is 11.1. The molecule has 146 valence electrons. The number of halogens is 4. The fourth-order valence-electron chi connectivity index (χ4n) is 2.47. The predicted molar refractivity (Wildman–Crippen MR) is 121 cm³/mol. The Morgan fingerprint density at radius 1 is 1.11 bits per heavy atom. The van der Waals surface area contributed by atoms with E-state index in [0.29, 0.717) is 37.5 Å². The molecule has 0 saturated carbocycles. The number of carbonyl (C=O) groups is 1. The summed E-state index contributed by atoms with van der Waals surface area (Å²) < 4.78 is 1.81. The van der Waals surface area contributed by atoms with Gasteiger partial charge in [-0.05, 0) is 44.8 Å². The van der Waals surface area contributed by atoms with E-state index in [2.05, 4.69) is 4.98 Å². The van der Waals surface area contributed by atoms with Crippen LogP contribution in [0.1, 0.15) is 15.9 Å². The number of hydrogen-bond donors (Lipinski definition) is 0. The van der Waals surface area contributed by atoms with Crippen molar-refractivity contribution in [3.8, 4) is 0 Å².